The van der Waals surface area contributed by atoms with Crippen LogP contribution in [-0.4, -0.2) is 29.7 Å². The Morgan fingerprint density at radius 1 is 0.935 bits per heavy atom. The highest BCUT2D eigenvalue weighted by Crippen LogP contribution is 2.44. The van der Waals surface area contributed by atoms with Crippen LogP contribution >= 0.6 is 0 Å². The molecule has 3 aromatic carbocycles. The third kappa shape index (κ3) is 4.20. The topological polar surface area (TPSA) is 89.6 Å². The highest BCUT2D eigenvalue weighted by molar-refractivity contribution is 5.95. The zero-order chi connectivity index (χ0) is 22.0. The average molecular weight is 419 g/mol. The first-order valence-corrected chi connectivity index (χ1v) is 10.0. The number of hydrogen-bond donors (Lipinski definition) is 2. The molecule has 1 aliphatic rings. The van der Waals surface area contributed by atoms with E-state index in [0.29, 0.717) is 5.56 Å². The van der Waals surface area contributed by atoms with Gasteiger partial charge in [-0.1, -0.05) is 60.7 Å². The van der Waals surface area contributed by atoms with E-state index in [1.165, 1.54) is 24.3 Å². The van der Waals surface area contributed by atoms with E-state index in [2.05, 4.69) is 0 Å². The molecule has 3 aromatic rings. The molecule has 0 unspecified atom stereocenters. The fourth-order valence-corrected chi connectivity index (χ4v) is 4.16. The van der Waals surface area contributed by atoms with Crippen molar-refractivity contribution < 1.29 is 23.8 Å². The largest absolute Gasteiger partial charge is 0.481 e. The van der Waals surface area contributed by atoms with Crippen LogP contribution in [0.25, 0.3) is 11.1 Å². The van der Waals surface area contributed by atoms with Crippen molar-refractivity contribution in [2.75, 3.05) is 6.61 Å². The smallest absolute Gasteiger partial charge is 0.321 e. The molecule has 0 aromatic heterocycles. The predicted molar refractivity (Wildman–Crippen MR) is 114 cm³/mol. The number of rotatable bonds is 7. The van der Waals surface area contributed by atoms with Gasteiger partial charge in [0.15, 0.2) is 5.92 Å². The standard InChI is InChI=1S/C25H22FNO4/c26-16-11-9-15(10-12-16)13-22(27)23(24(28)29)25(30)31-14-21-19-7-3-1-5-17(19)18-6-2-4-8-20(18)21/h1-12,21-23H,13-14,27H2,(H,28,29)/t22-,23-/m1/s1. The van der Waals surface area contributed by atoms with E-state index in [4.69, 9.17) is 10.5 Å². The highest BCUT2D eigenvalue weighted by atomic mass is 19.1. The number of carbonyl (C=O) groups is 2. The molecule has 1 aliphatic carbocycles. The van der Waals surface area contributed by atoms with Crippen molar-refractivity contribution in [2.24, 2.45) is 11.7 Å². The van der Waals surface area contributed by atoms with E-state index >= 15 is 0 Å². The lowest BCUT2D eigenvalue weighted by atomic mass is 9.94. The van der Waals surface area contributed by atoms with Crippen molar-refractivity contribution in [1.29, 1.82) is 0 Å². The summed E-state index contributed by atoms with van der Waals surface area (Å²) in [6.45, 7) is 0.0277. The summed E-state index contributed by atoms with van der Waals surface area (Å²) in [6.07, 6.45) is 0.113. The molecule has 0 spiro atoms. The maximum atomic E-state index is 13.1. The van der Waals surface area contributed by atoms with Gasteiger partial charge < -0.3 is 15.6 Å². The summed E-state index contributed by atoms with van der Waals surface area (Å²) < 4.78 is 18.6. The van der Waals surface area contributed by atoms with Crippen LogP contribution in [0.2, 0.25) is 0 Å². The Hall–Kier alpha value is -3.51. The summed E-state index contributed by atoms with van der Waals surface area (Å²) in [5.74, 6) is -4.30. The summed E-state index contributed by atoms with van der Waals surface area (Å²) >= 11 is 0. The number of carboxylic acid groups (broad SMARTS) is 1. The lowest BCUT2D eigenvalue weighted by Crippen LogP contribution is -2.43. The summed E-state index contributed by atoms with van der Waals surface area (Å²) in [7, 11) is 0. The Labute approximate surface area is 179 Å². The number of fused-ring (bicyclic) bond motifs is 3. The van der Waals surface area contributed by atoms with E-state index in [9.17, 15) is 19.1 Å². The molecule has 0 radical (unpaired) electrons. The van der Waals surface area contributed by atoms with Crippen molar-refractivity contribution >= 4 is 11.9 Å². The molecule has 5 nitrogen and oxygen atoms in total. The molecule has 2 atom stereocenters. The molecule has 4 rings (SSSR count). The summed E-state index contributed by atoms with van der Waals surface area (Å²) in [5, 5.41) is 9.60. The number of ether oxygens (including phenoxy) is 1. The molecular weight excluding hydrogens is 397 g/mol. The van der Waals surface area contributed by atoms with Gasteiger partial charge in [-0.05, 0) is 46.4 Å². The Balaban J connectivity index is 1.49. The first-order chi connectivity index (χ1) is 15.0. The monoisotopic (exact) mass is 419 g/mol. The van der Waals surface area contributed by atoms with E-state index in [0.717, 1.165) is 22.3 Å². The third-order valence-corrected chi connectivity index (χ3v) is 5.69. The molecule has 0 aliphatic heterocycles. The zero-order valence-electron chi connectivity index (χ0n) is 16.7. The molecule has 0 bridgehead atoms. The van der Waals surface area contributed by atoms with Crippen LogP contribution in [0.5, 0.6) is 0 Å². The lowest BCUT2D eigenvalue weighted by Gasteiger charge is -2.21. The SMILES string of the molecule is N[C@H](Cc1ccc(F)cc1)[C@H](C(=O)O)C(=O)OCC1c2ccccc2-c2ccccc21. The van der Waals surface area contributed by atoms with Crippen molar-refractivity contribution in [3.8, 4) is 11.1 Å². The summed E-state index contributed by atoms with van der Waals surface area (Å²) in [5.41, 5.74) is 10.9. The van der Waals surface area contributed by atoms with Gasteiger partial charge in [-0.3, -0.25) is 9.59 Å². The van der Waals surface area contributed by atoms with E-state index in [1.54, 1.807) is 0 Å². The molecule has 0 saturated carbocycles. The molecule has 0 fully saturated rings. The van der Waals surface area contributed by atoms with Crippen molar-refractivity contribution in [2.45, 2.75) is 18.4 Å². The molecule has 6 heteroatoms. The van der Waals surface area contributed by atoms with Crippen molar-refractivity contribution in [1.82, 2.24) is 0 Å². The van der Waals surface area contributed by atoms with Gasteiger partial charge >= 0.3 is 11.9 Å². The second-order valence-electron chi connectivity index (χ2n) is 7.67. The molecule has 0 saturated heterocycles. The normalized spacial score (nSPS) is 14.4. The second kappa shape index (κ2) is 8.70. The van der Waals surface area contributed by atoms with Gasteiger partial charge in [-0.15, -0.1) is 0 Å². The predicted octanol–water partition coefficient (Wildman–Crippen LogP) is 3.75. The zero-order valence-corrected chi connectivity index (χ0v) is 16.7. The first kappa shape index (κ1) is 20.8. The summed E-state index contributed by atoms with van der Waals surface area (Å²) in [4.78, 5) is 24.5. The second-order valence-corrected chi connectivity index (χ2v) is 7.67. The Morgan fingerprint density at radius 3 is 2.03 bits per heavy atom. The first-order valence-electron chi connectivity index (χ1n) is 10.0. The molecule has 0 heterocycles. The lowest BCUT2D eigenvalue weighted by molar-refractivity contribution is -0.159. The van der Waals surface area contributed by atoms with Crippen LogP contribution in [0.4, 0.5) is 4.39 Å². The molecule has 3 N–H and O–H groups in total. The van der Waals surface area contributed by atoms with Crippen LogP contribution in [0.1, 0.15) is 22.6 Å². The number of carboxylic acids is 1. The van der Waals surface area contributed by atoms with Crippen LogP contribution in [-0.2, 0) is 20.7 Å². The Bertz CT molecular complexity index is 1070. The van der Waals surface area contributed by atoms with E-state index in [-0.39, 0.29) is 18.9 Å². The minimum atomic E-state index is -1.52. The van der Waals surface area contributed by atoms with Gasteiger partial charge in [0, 0.05) is 12.0 Å². The van der Waals surface area contributed by atoms with Crippen LogP contribution in [0.15, 0.2) is 72.8 Å². The fourth-order valence-electron chi connectivity index (χ4n) is 4.16. The van der Waals surface area contributed by atoms with Gasteiger partial charge in [-0.25, -0.2) is 4.39 Å². The minimum Gasteiger partial charge on any atom is -0.481 e. The van der Waals surface area contributed by atoms with Gasteiger partial charge in [0.1, 0.15) is 12.4 Å². The number of nitrogens with two attached hydrogens (primary N) is 1. The summed E-state index contributed by atoms with van der Waals surface area (Å²) in [6, 6.07) is 20.4. The Kier molecular flexibility index (Phi) is 5.82. The number of halogens is 1. The fraction of sp³-hybridized carbons (Fsp3) is 0.200. The van der Waals surface area contributed by atoms with Gasteiger partial charge in [0.25, 0.3) is 0 Å². The highest BCUT2D eigenvalue weighted by Gasteiger charge is 2.36. The Morgan fingerprint density at radius 2 is 1.48 bits per heavy atom. The maximum absolute atomic E-state index is 13.1. The van der Waals surface area contributed by atoms with Gasteiger partial charge in [-0.2, -0.15) is 0 Å². The van der Waals surface area contributed by atoms with Crippen LogP contribution in [0, 0.1) is 11.7 Å². The van der Waals surface area contributed by atoms with E-state index in [1.807, 2.05) is 48.5 Å². The molecule has 158 valence electrons. The van der Waals surface area contributed by atoms with Gasteiger partial charge in [0.2, 0.25) is 0 Å². The third-order valence-electron chi connectivity index (χ3n) is 5.69. The minimum absolute atomic E-state index is 0.0277. The number of carbonyl (C=O) groups excluding carboxylic acids is 1. The number of aliphatic carboxylic acids is 1. The number of esters is 1. The van der Waals surface area contributed by atoms with E-state index < -0.39 is 29.7 Å². The quantitative estimate of drug-likeness (QED) is 0.450. The number of hydrogen-bond acceptors (Lipinski definition) is 4. The van der Waals surface area contributed by atoms with Gasteiger partial charge in [0.05, 0.1) is 0 Å². The average Bonchev–Trinajstić information content (AvgIpc) is 3.07. The molecule has 31 heavy (non-hydrogen) atoms. The molecule has 0 amide bonds. The van der Waals surface area contributed by atoms with Crippen LogP contribution in [0.3, 0.4) is 0 Å². The van der Waals surface area contributed by atoms with Crippen molar-refractivity contribution in [3.05, 3.63) is 95.3 Å². The van der Waals surface area contributed by atoms with Crippen molar-refractivity contribution in [3.63, 3.8) is 0 Å². The molecular formula is C25H22FNO4. The number of benzene rings is 3. The van der Waals surface area contributed by atoms with Crippen LogP contribution < -0.4 is 5.73 Å². The maximum Gasteiger partial charge on any atom is 0.321 e.